The molecule has 0 saturated carbocycles. The lowest BCUT2D eigenvalue weighted by atomic mass is 9.30. The normalized spacial score (nSPS) is 13.2. The van der Waals surface area contributed by atoms with Gasteiger partial charge in [-0.25, -0.2) is 0 Å². The van der Waals surface area contributed by atoms with Crippen molar-refractivity contribution in [2.75, 3.05) is 34.3 Å². The molecule has 0 fully saturated rings. The number of ether oxygens (including phenoxy) is 2. The van der Waals surface area contributed by atoms with Crippen LogP contribution in [0, 0.1) is 0 Å². The first-order valence-electron chi connectivity index (χ1n) is 41.0. The summed E-state index contributed by atoms with van der Waals surface area (Å²) < 4.78 is 20.7. The fraction of sp³-hybridized carbons (Fsp3) is 0. The monoisotopic (exact) mass is 1570 g/mol. The van der Waals surface area contributed by atoms with Gasteiger partial charge in [-0.15, -0.1) is 22.7 Å². The van der Waals surface area contributed by atoms with Gasteiger partial charge in [0, 0.05) is 145 Å². The third kappa shape index (κ3) is 10.5. The van der Waals surface area contributed by atoms with Crippen molar-refractivity contribution < 1.29 is 9.47 Å². The summed E-state index contributed by atoms with van der Waals surface area (Å²) in [4.78, 5) is 17.4. The van der Waals surface area contributed by atoms with Crippen molar-refractivity contribution in [3.63, 3.8) is 0 Å². The quantitative estimate of drug-likeness (QED) is 0.105. The maximum atomic E-state index is 8.13. The number of anilines is 21. The van der Waals surface area contributed by atoms with Crippen molar-refractivity contribution in [2.24, 2.45) is 0 Å². The molecule has 0 atom stereocenters. The minimum Gasteiger partial charge on any atom is -0.458 e. The Hall–Kier alpha value is -14.9. The van der Waals surface area contributed by atoms with Crippen LogP contribution in [-0.4, -0.2) is 20.1 Å². The highest BCUT2D eigenvalue weighted by atomic mass is 32.1. The molecule has 0 radical (unpaired) electrons. The second-order valence-electron chi connectivity index (χ2n) is 31.4. The van der Waals surface area contributed by atoms with E-state index in [2.05, 4.69) is 447 Å². The van der Waals surface area contributed by atoms with Crippen molar-refractivity contribution in [1.29, 1.82) is 0 Å². The zero-order chi connectivity index (χ0) is 78.6. The molecule has 0 amide bonds. The van der Waals surface area contributed by atoms with E-state index in [-0.39, 0.29) is 13.4 Å². The fourth-order valence-electron chi connectivity index (χ4n) is 19.9. The summed E-state index contributed by atoms with van der Waals surface area (Å²) in [6.45, 7) is -0.924. The van der Waals surface area contributed by atoms with E-state index >= 15 is 0 Å². The van der Waals surface area contributed by atoms with Gasteiger partial charge in [-0.3, -0.25) is 0 Å². The maximum absolute atomic E-state index is 8.13. The Balaban J connectivity index is 0.799. The smallest absolute Gasteiger partial charge is 0.268 e. The minimum atomic E-state index is -0.397. The number of benzene rings is 17. The Kier molecular flexibility index (Phi) is 15.6. The van der Waals surface area contributed by atoms with Gasteiger partial charge < -0.3 is 43.8 Å². The van der Waals surface area contributed by atoms with Crippen LogP contribution in [0.4, 0.5) is 119 Å². The van der Waals surface area contributed by atoms with Crippen LogP contribution in [0.25, 0.3) is 20.2 Å². The van der Waals surface area contributed by atoms with Crippen molar-refractivity contribution >= 4 is 230 Å². The molecular weight excluding hydrogens is 1500 g/mol. The predicted octanol–water partition coefficient (Wildman–Crippen LogP) is 23.4. The lowest BCUT2D eigenvalue weighted by Crippen LogP contribution is -2.65. The van der Waals surface area contributed by atoms with Crippen LogP contribution in [0.2, 0.25) is 0 Å². The van der Waals surface area contributed by atoms with Crippen LogP contribution in [0.15, 0.2) is 413 Å². The largest absolute Gasteiger partial charge is 0.458 e. The number of rotatable bonds is 13. The Morgan fingerprint density at radius 3 is 0.967 bits per heavy atom. The number of hydrogen-bond donors (Lipinski definition) is 0. The molecule has 0 spiro atoms. The molecule has 0 bridgehead atoms. The van der Waals surface area contributed by atoms with Gasteiger partial charge >= 0.3 is 0 Å². The Bertz CT molecular complexity index is 7170. The average molecular weight is 1570 g/mol. The van der Waals surface area contributed by atoms with Gasteiger partial charge in [0.2, 0.25) is 0 Å². The molecule has 14 heteroatoms. The topological polar surface area (TPSA) is 41.1 Å². The van der Waals surface area contributed by atoms with E-state index in [4.69, 9.17) is 9.47 Å². The lowest BCUT2D eigenvalue weighted by molar-refractivity contribution is 0.488. The predicted molar refractivity (Wildman–Crippen MR) is 507 cm³/mol. The number of para-hydroxylation sites is 10. The van der Waals surface area contributed by atoms with Gasteiger partial charge in [0.1, 0.15) is 23.0 Å². The third-order valence-corrected chi connectivity index (χ3v) is 27.2. The van der Waals surface area contributed by atoms with Crippen molar-refractivity contribution in [3.8, 4) is 23.0 Å². The molecule has 9 nitrogen and oxygen atoms in total. The van der Waals surface area contributed by atoms with E-state index in [1.165, 1.54) is 51.9 Å². The first-order chi connectivity index (χ1) is 59.6. The SMILES string of the molecule is c1ccc(N(c2ccccc2)c2cc3c4c(c2)N(c2ccccc2)c2cc5c(cc2B4c2cc4c(cc2O3)N(c2ccccc2)c2cc(N(c3ccccc3)c3ccccc3)cc3c2B4c2sc4ccccc4c2O3)B2c3sc4ccccc4c3N(c3ccccc3)c3cc(N(c4ccccc4)c4ccccc4)cc(c32)N5c2ccccc2)cc1. The van der Waals surface area contributed by atoms with Gasteiger partial charge in [0.15, 0.2) is 0 Å². The van der Waals surface area contributed by atoms with Gasteiger partial charge in [-0.05, 0) is 208 Å². The molecule has 8 heterocycles. The third-order valence-electron chi connectivity index (χ3n) is 24.7. The Morgan fingerprint density at radius 2 is 0.525 bits per heavy atom. The van der Waals surface area contributed by atoms with Gasteiger partial charge in [0.25, 0.3) is 20.1 Å². The highest BCUT2D eigenvalue weighted by molar-refractivity contribution is 7.34. The van der Waals surface area contributed by atoms with Crippen LogP contribution in [0.1, 0.15) is 0 Å². The number of fused-ring (bicyclic) bond motifs is 16. The Labute approximate surface area is 704 Å². The molecule has 2 aromatic heterocycles. The standard InChI is InChI=1S/C106H68B3N7O2S2/c1-11-35-69(36-12-1)110(70-37-13-2-14-38-70)79-59-91-100-92(60-79)116(78-53-29-10-30-54-78)103-82-55-31-33-57-98(82)119-105(103)108(100)85-65-84-88(67-89(85)113(91)75-47-23-7-24-48-75)114(76-49-25-8-26-50-76)93-61-80(111(71-39-15-3-16-40-71)72-41-17-4-18-42-72)63-96-101(93)107(84)87-66-86-90(68-95(87)117-96)115(77-51-27-9-28-52-77)94-62-81(112(73-43-19-5-20-44-73)74-45-21-6-22-46-74)64-97-102(94)109(86)106-104(118-97)83-56-32-34-58-99(83)120-106/h1-68H. The number of thiophene rings is 2. The fourth-order valence-corrected chi connectivity index (χ4v) is 22.5. The second kappa shape index (κ2) is 27.3. The van der Waals surface area contributed by atoms with Crippen LogP contribution < -0.4 is 91.6 Å². The van der Waals surface area contributed by atoms with Gasteiger partial charge in [-0.2, -0.15) is 0 Å². The zero-order valence-electron chi connectivity index (χ0n) is 64.8. The highest BCUT2D eigenvalue weighted by Crippen LogP contribution is 2.55. The first-order valence-corrected chi connectivity index (χ1v) is 42.6. The summed E-state index contributed by atoms with van der Waals surface area (Å²) in [7, 11) is 0. The summed E-state index contributed by atoms with van der Waals surface area (Å²) in [5, 5.41) is 2.31. The van der Waals surface area contributed by atoms with Crippen LogP contribution in [-0.2, 0) is 0 Å². The molecule has 560 valence electrons. The van der Waals surface area contributed by atoms with E-state index in [9.17, 15) is 0 Å². The van der Waals surface area contributed by atoms with Crippen LogP contribution in [0.3, 0.4) is 0 Å². The maximum Gasteiger partial charge on any atom is 0.268 e. The molecule has 0 unspecified atom stereocenters. The molecule has 17 aromatic carbocycles. The van der Waals surface area contributed by atoms with Gasteiger partial charge in [0.05, 0.1) is 22.7 Å². The summed E-state index contributed by atoms with van der Waals surface area (Å²) in [6, 6.07) is 151. The van der Waals surface area contributed by atoms with Crippen LogP contribution in [0.5, 0.6) is 23.0 Å². The second-order valence-corrected chi connectivity index (χ2v) is 33.5. The van der Waals surface area contributed by atoms with Gasteiger partial charge in [-0.1, -0.05) is 224 Å². The summed E-state index contributed by atoms with van der Waals surface area (Å²) in [5.74, 6) is 3.28. The van der Waals surface area contributed by atoms with Crippen molar-refractivity contribution in [3.05, 3.63) is 413 Å². The lowest BCUT2D eigenvalue weighted by Gasteiger charge is -2.46. The summed E-state index contributed by atoms with van der Waals surface area (Å²) in [6.07, 6.45) is 0. The molecule has 6 aliphatic heterocycles. The molecule has 19 aromatic rings. The molecular formula is C106H68B3N7O2S2. The highest BCUT2D eigenvalue weighted by Gasteiger charge is 2.52. The molecule has 6 aliphatic rings. The van der Waals surface area contributed by atoms with E-state index in [0.29, 0.717) is 0 Å². The number of hydrogen-bond acceptors (Lipinski definition) is 11. The van der Waals surface area contributed by atoms with Crippen molar-refractivity contribution in [2.45, 2.75) is 0 Å². The number of nitrogens with zero attached hydrogens (tertiary/aromatic N) is 7. The molecule has 0 N–H and O–H groups in total. The minimum absolute atomic E-state index is 0.257. The van der Waals surface area contributed by atoms with E-state index < -0.39 is 6.71 Å². The first kappa shape index (κ1) is 68.3. The van der Waals surface area contributed by atoms with E-state index in [1.807, 2.05) is 22.7 Å². The molecule has 120 heavy (non-hydrogen) atoms. The van der Waals surface area contributed by atoms with E-state index in [1.54, 1.807) is 0 Å². The summed E-state index contributed by atoms with van der Waals surface area (Å²) >= 11 is 3.77. The molecule has 0 aliphatic carbocycles. The molecule has 0 saturated heterocycles. The molecule has 25 rings (SSSR count). The van der Waals surface area contributed by atoms with Crippen LogP contribution >= 0.6 is 22.7 Å². The average Bonchev–Trinajstić information content (AvgIpc) is 1.15. The Morgan fingerprint density at radius 1 is 0.217 bits per heavy atom. The van der Waals surface area contributed by atoms with Crippen molar-refractivity contribution in [1.82, 2.24) is 0 Å². The summed E-state index contributed by atoms with van der Waals surface area (Å²) in [5.41, 5.74) is 30.1. The zero-order valence-corrected chi connectivity index (χ0v) is 66.4. The van der Waals surface area contributed by atoms with E-state index in [0.717, 1.165) is 159 Å².